The lowest BCUT2D eigenvalue weighted by Gasteiger charge is -2.36. The van der Waals surface area contributed by atoms with Crippen molar-refractivity contribution in [2.45, 2.75) is 25.4 Å². The molecule has 3 aromatic rings. The van der Waals surface area contributed by atoms with E-state index in [1.807, 2.05) is 0 Å². The number of aromatic nitrogens is 2. The standard InChI is InChI=1S/C22H18ClF3N4O3/c23-16-7-17-12(14-8-33-9-15(14)20(27)29-17)6-13(16)21(31)30-3-4-32-10-18(30)11-1-2-28-19(5-11)22(24,25)26/h1-2,5-7,18H,3-4,8-10H2,(H2,27,29)/t18-/m1/s1. The van der Waals surface area contributed by atoms with Gasteiger partial charge in [-0.1, -0.05) is 11.6 Å². The third-order valence-electron chi connectivity index (χ3n) is 5.90. The average Bonchev–Trinajstić information content (AvgIpc) is 3.29. The smallest absolute Gasteiger partial charge is 0.383 e. The van der Waals surface area contributed by atoms with Gasteiger partial charge in [0, 0.05) is 23.7 Å². The van der Waals surface area contributed by atoms with Crippen molar-refractivity contribution in [3.8, 4) is 0 Å². The number of anilines is 1. The fourth-order valence-electron chi connectivity index (χ4n) is 4.24. The molecular formula is C22H18ClF3N4O3. The number of carbonyl (C=O) groups is 1. The third kappa shape index (κ3) is 3.88. The van der Waals surface area contributed by atoms with Gasteiger partial charge < -0.3 is 20.1 Å². The Morgan fingerprint density at radius 2 is 1.97 bits per heavy atom. The summed E-state index contributed by atoms with van der Waals surface area (Å²) in [5.74, 6) is -0.0541. The fourth-order valence-corrected chi connectivity index (χ4v) is 4.48. The summed E-state index contributed by atoms with van der Waals surface area (Å²) in [4.78, 5) is 22.8. The first kappa shape index (κ1) is 21.9. The van der Waals surface area contributed by atoms with Crippen LogP contribution in [0, 0.1) is 0 Å². The lowest BCUT2D eigenvalue weighted by molar-refractivity contribution is -0.141. The number of carbonyl (C=O) groups excluding carboxylic acids is 1. The van der Waals surface area contributed by atoms with E-state index < -0.39 is 23.8 Å². The zero-order chi connectivity index (χ0) is 23.3. The van der Waals surface area contributed by atoms with Gasteiger partial charge in [0.05, 0.1) is 48.6 Å². The highest BCUT2D eigenvalue weighted by atomic mass is 35.5. The van der Waals surface area contributed by atoms with Crippen LogP contribution in [-0.2, 0) is 28.9 Å². The zero-order valence-electron chi connectivity index (χ0n) is 17.2. The molecule has 172 valence electrons. The van der Waals surface area contributed by atoms with Crippen LogP contribution in [0.25, 0.3) is 10.9 Å². The fraction of sp³-hybridized carbons (Fsp3) is 0.318. The van der Waals surface area contributed by atoms with Gasteiger partial charge in [-0.05, 0) is 35.4 Å². The molecule has 2 N–H and O–H groups in total. The molecule has 2 aromatic heterocycles. The van der Waals surface area contributed by atoms with Crippen LogP contribution >= 0.6 is 11.6 Å². The van der Waals surface area contributed by atoms with Crippen molar-refractivity contribution in [1.82, 2.24) is 14.9 Å². The molecule has 0 radical (unpaired) electrons. The maximum absolute atomic E-state index is 13.6. The Bertz CT molecular complexity index is 1270. The lowest BCUT2D eigenvalue weighted by Crippen LogP contribution is -2.43. The van der Waals surface area contributed by atoms with Gasteiger partial charge in [0.15, 0.2) is 0 Å². The maximum atomic E-state index is 13.6. The number of pyridine rings is 2. The number of amides is 1. The summed E-state index contributed by atoms with van der Waals surface area (Å²) in [5, 5.41) is 0.881. The second kappa shape index (κ2) is 8.12. The first-order chi connectivity index (χ1) is 15.7. The van der Waals surface area contributed by atoms with Gasteiger partial charge in [-0.3, -0.25) is 9.78 Å². The lowest BCUT2D eigenvalue weighted by atomic mass is 10.00. The number of fused-ring (bicyclic) bond motifs is 3. The van der Waals surface area contributed by atoms with Crippen molar-refractivity contribution < 1.29 is 27.4 Å². The minimum absolute atomic E-state index is 0.0551. The normalized spacial score (nSPS) is 18.5. The van der Waals surface area contributed by atoms with Gasteiger partial charge in [-0.15, -0.1) is 0 Å². The first-order valence-electron chi connectivity index (χ1n) is 10.1. The molecule has 1 amide bonds. The number of morpholine rings is 1. The predicted octanol–water partition coefficient (Wildman–Crippen LogP) is 4.13. The molecule has 7 nitrogen and oxygen atoms in total. The Balaban J connectivity index is 1.55. The summed E-state index contributed by atoms with van der Waals surface area (Å²) in [6.07, 6.45) is -3.52. The number of rotatable bonds is 2. The molecule has 1 atom stereocenters. The van der Waals surface area contributed by atoms with Crippen molar-refractivity contribution >= 4 is 34.2 Å². The quantitative estimate of drug-likeness (QED) is 0.595. The Labute approximate surface area is 191 Å². The molecule has 0 saturated carbocycles. The van der Waals surface area contributed by atoms with Crippen LogP contribution < -0.4 is 5.73 Å². The van der Waals surface area contributed by atoms with E-state index in [4.69, 9.17) is 26.8 Å². The number of nitrogens with zero attached hydrogens (tertiary/aromatic N) is 3. The predicted molar refractivity (Wildman–Crippen MR) is 113 cm³/mol. The zero-order valence-corrected chi connectivity index (χ0v) is 17.9. The average molecular weight is 479 g/mol. The monoisotopic (exact) mass is 478 g/mol. The largest absolute Gasteiger partial charge is 0.433 e. The molecule has 11 heteroatoms. The van der Waals surface area contributed by atoms with Gasteiger partial charge in [0.2, 0.25) is 0 Å². The van der Waals surface area contributed by atoms with Gasteiger partial charge >= 0.3 is 6.18 Å². The van der Waals surface area contributed by atoms with Crippen LogP contribution in [-0.4, -0.2) is 40.5 Å². The number of alkyl halides is 3. The van der Waals surface area contributed by atoms with E-state index in [2.05, 4.69) is 9.97 Å². The van der Waals surface area contributed by atoms with Gasteiger partial charge in [-0.25, -0.2) is 4.98 Å². The minimum Gasteiger partial charge on any atom is -0.383 e. The second-order valence-electron chi connectivity index (χ2n) is 7.86. The molecule has 2 aliphatic heterocycles. The molecule has 1 saturated heterocycles. The summed E-state index contributed by atoms with van der Waals surface area (Å²) >= 11 is 6.45. The number of hydrogen-bond acceptors (Lipinski definition) is 6. The minimum atomic E-state index is -4.60. The Hall–Kier alpha value is -2.95. The molecule has 2 aliphatic rings. The maximum Gasteiger partial charge on any atom is 0.433 e. The van der Waals surface area contributed by atoms with Crippen molar-refractivity contribution in [2.24, 2.45) is 0 Å². The van der Waals surface area contributed by atoms with Crippen LogP contribution in [0.5, 0.6) is 0 Å². The van der Waals surface area contributed by atoms with Crippen LogP contribution in [0.4, 0.5) is 19.0 Å². The Morgan fingerprint density at radius 1 is 1.18 bits per heavy atom. The second-order valence-corrected chi connectivity index (χ2v) is 8.26. The first-order valence-corrected chi connectivity index (χ1v) is 10.5. The molecule has 0 spiro atoms. The van der Waals surface area contributed by atoms with Crippen LogP contribution in [0.1, 0.15) is 38.8 Å². The Kier molecular flexibility index (Phi) is 5.38. The number of nitrogen functional groups attached to an aromatic ring is 1. The molecule has 4 heterocycles. The van der Waals surface area contributed by atoms with E-state index in [0.717, 1.165) is 23.4 Å². The molecule has 33 heavy (non-hydrogen) atoms. The van der Waals surface area contributed by atoms with Crippen LogP contribution in [0.3, 0.4) is 0 Å². The molecule has 0 unspecified atom stereocenters. The highest BCUT2D eigenvalue weighted by molar-refractivity contribution is 6.34. The molecule has 0 aliphatic carbocycles. The molecule has 1 fully saturated rings. The van der Waals surface area contributed by atoms with Crippen molar-refractivity contribution in [3.05, 3.63) is 63.4 Å². The number of benzene rings is 1. The van der Waals surface area contributed by atoms with Gasteiger partial charge in [0.1, 0.15) is 11.5 Å². The Morgan fingerprint density at radius 3 is 2.76 bits per heavy atom. The van der Waals surface area contributed by atoms with Gasteiger partial charge in [0.25, 0.3) is 5.91 Å². The van der Waals surface area contributed by atoms with Crippen molar-refractivity contribution in [1.29, 1.82) is 0 Å². The van der Waals surface area contributed by atoms with E-state index in [1.54, 1.807) is 12.1 Å². The summed E-state index contributed by atoms with van der Waals surface area (Å²) in [5.41, 5.74) is 7.68. The van der Waals surface area contributed by atoms with Crippen molar-refractivity contribution in [3.63, 3.8) is 0 Å². The highest BCUT2D eigenvalue weighted by Gasteiger charge is 2.36. The van der Waals surface area contributed by atoms with E-state index >= 15 is 0 Å². The molecule has 0 bridgehead atoms. The van der Waals surface area contributed by atoms with E-state index in [0.29, 0.717) is 29.9 Å². The molecule has 5 rings (SSSR count). The SMILES string of the molecule is Nc1nc2cc(Cl)c(C(=O)N3CCOC[C@@H]3c3ccnc(C(F)(F)F)c3)cc2c2c1COC2. The summed E-state index contributed by atoms with van der Waals surface area (Å²) in [7, 11) is 0. The van der Waals surface area contributed by atoms with Crippen LogP contribution in [0.2, 0.25) is 5.02 Å². The number of nitrogens with two attached hydrogens (primary N) is 1. The number of hydrogen-bond donors (Lipinski definition) is 1. The summed E-state index contributed by atoms with van der Waals surface area (Å²) in [6, 6.07) is 4.90. The van der Waals surface area contributed by atoms with Gasteiger partial charge in [-0.2, -0.15) is 13.2 Å². The summed E-state index contributed by atoms with van der Waals surface area (Å²) in [6.45, 7) is 1.19. The van der Waals surface area contributed by atoms with E-state index in [-0.39, 0.29) is 35.9 Å². The molecular weight excluding hydrogens is 461 g/mol. The highest BCUT2D eigenvalue weighted by Crippen LogP contribution is 2.36. The van der Waals surface area contributed by atoms with E-state index in [1.165, 1.54) is 11.0 Å². The number of halogens is 4. The van der Waals surface area contributed by atoms with E-state index in [9.17, 15) is 18.0 Å². The summed E-state index contributed by atoms with van der Waals surface area (Å²) < 4.78 is 50.5. The topological polar surface area (TPSA) is 90.6 Å². The molecule has 1 aromatic carbocycles. The van der Waals surface area contributed by atoms with Crippen LogP contribution in [0.15, 0.2) is 30.5 Å². The third-order valence-corrected chi connectivity index (χ3v) is 6.21. The number of ether oxygens (including phenoxy) is 2. The van der Waals surface area contributed by atoms with Crippen molar-refractivity contribution in [2.75, 3.05) is 25.5 Å².